The van der Waals surface area contributed by atoms with Crippen LogP contribution in [-0.2, 0) is 9.84 Å². The highest BCUT2D eigenvalue weighted by atomic mass is 32.2. The molecule has 0 saturated carbocycles. The Morgan fingerprint density at radius 2 is 2.30 bits per heavy atom. The van der Waals surface area contributed by atoms with E-state index in [-0.39, 0.29) is 23.5 Å². The Bertz CT molecular complexity index is 586. The summed E-state index contributed by atoms with van der Waals surface area (Å²) in [5.74, 6) is 0.154. The zero-order valence-corrected chi connectivity index (χ0v) is 12.2. The first-order chi connectivity index (χ1) is 9.50. The summed E-state index contributed by atoms with van der Waals surface area (Å²) in [6, 6.07) is 3.30. The number of anilines is 1. The molecule has 0 spiro atoms. The van der Waals surface area contributed by atoms with Crippen LogP contribution in [0.2, 0.25) is 0 Å². The molecule has 1 atom stereocenters. The summed E-state index contributed by atoms with van der Waals surface area (Å²) >= 11 is 0. The molecule has 1 aromatic rings. The van der Waals surface area contributed by atoms with Crippen LogP contribution < -0.4 is 10.6 Å². The van der Waals surface area contributed by atoms with Crippen LogP contribution in [0.1, 0.15) is 30.3 Å². The van der Waals surface area contributed by atoms with Gasteiger partial charge in [0.15, 0.2) is 9.84 Å². The molecular formula is C13H19N3O3S. The number of aromatic nitrogens is 1. The molecular weight excluding hydrogens is 278 g/mol. The smallest absolute Gasteiger partial charge is 0.269 e. The molecule has 0 aliphatic carbocycles. The molecule has 2 N–H and O–H groups in total. The van der Waals surface area contributed by atoms with Gasteiger partial charge in [-0.25, -0.2) is 8.42 Å². The predicted octanol–water partition coefficient (Wildman–Crippen LogP) is 0.820. The van der Waals surface area contributed by atoms with Gasteiger partial charge in [-0.2, -0.15) is 0 Å². The molecule has 7 heteroatoms. The van der Waals surface area contributed by atoms with E-state index < -0.39 is 9.84 Å². The maximum absolute atomic E-state index is 11.8. The Labute approximate surface area is 118 Å². The molecule has 2 heterocycles. The lowest BCUT2D eigenvalue weighted by Gasteiger charge is -2.13. The maximum atomic E-state index is 11.8. The van der Waals surface area contributed by atoms with E-state index in [0.717, 1.165) is 12.1 Å². The number of carbonyl (C=O) groups is 1. The van der Waals surface area contributed by atoms with Crippen molar-refractivity contribution >= 4 is 21.4 Å². The normalized spacial score (nSPS) is 20.6. The zero-order valence-electron chi connectivity index (χ0n) is 11.4. The Hall–Kier alpha value is -1.63. The van der Waals surface area contributed by atoms with Crippen molar-refractivity contribution < 1.29 is 13.2 Å². The molecule has 1 aromatic heterocycles. The molecule has 0 aromatic carbocycles. The first-order valence-electron chi connectivity index (χ1n) is 6.71. The largest absolute Gasteiger partial charge is 0.381 e. The molecule has 110 valence electrons. The second-order valence-electron chi connectivity index (χ2n) is 4.93. The van der Waals surface area contributed by atoms with Gasteiger partial charge in [-0.05, 0) is 25.0 Å². The van der Waals surface area contributed by atoms with Crippen LogP contribution >= 0.6 is 0 Å². The third-order valence-electron chi connectivity index (χ3n) is 3.13. The van der Waals surface area contributed by atoms with Crippen molar-refractivity contribution in [2.75, 3.05) is 23.4 Å². The standard InChI is InChI=1S/C13H19N3O3S/c1-2-5-15-13(17)12-8-10(3-6-14-12)16-11-4-7-20(18,19)9-11/h3,6,8,11H,2,4-5,7,9H2,1H3,(H,14,16)(H,15,17). The Morgan fingerprint density at radius 1 is 1.50 bits per heavy atom. The van der Waals surface area contributed by atoms with E-state index in [1.165, 1.54) is 0 Å². The van der Waals surface area contributed by atoms with Crippen molar-refractivity contribution in [2.45, 2.75) is 25.8 Å². The number of pyridine rings is 1. The summed E-state index contributed by atoms with van der Waals surface area (Å²) in [7, 11) is -2.91. The fraction of sp³-hybridized carbons (Fsp3) is 0.538. The van der Waals surface area contributed by atoms with Gasteiger partial charge in [-0.15, -0.1) is 0 Å². The molecule has 6 nitrogen and oxygen atoms in total. The summed E-state index contributed by atoms with van der Waals surface area (Å²) in [5, 5.41) is 5.91. The SMILES string of the molecule is CCCNC(=O)c1cc(NC2CCS(=O)(=O)C2)ccn1. The molecule has 1 unspecified atom stereocenters. The summed E-state index contributed by atoms with van der Waals surface area (Å²) in [5.41, 5.74) is 1.06. The highest BCUT2D eigenvalue weighted by Gasteiger charge is 2.27. The third kappa shape index (κ3) is 3.93. The summed E-state index contributed by atoms with van der Waals surface area (Å²) in [6.07, 6.45) is 3.01. The Morgan fingerprint density at radius 3 is 2.95 bits per heavy atom. The van der Waals surface area contributed by atoms with Crippen LogP contribution in [0.15, 0.2) is 18.3 Å². The van der Waals surface area contributed by atoms with Crippen LogP contribution in [0.4, 0.5) is 5.69 Å². The molecule has 0 radical (unpaired) electrons. The average molecular weight is 297 g/mol. The molecule has 1 saturated heterocycles. The predicted molar refractivity (Wildman–Crippen MR) is 77.5 cm³/mol. The fourth-order valence-corrected chi connectivity index (χ4v) is 3.79. The van der Waals surface area contributed by atoms with E-state index in [9.17, 15) is 13.2 Å². The third-order valence-corrected chi connectivity index (χ3v) is 4.90. The van der Waals surface area contributed by atoms with Crippen molar-refractivity contribution in [1.29, 1.82) is 0 Å². The fourth-order valence-electron chi connectivity index (χ4n) is 2.12. The number of hydrogen-bond donors (Lipinski definition) is 2. The summed E-state index contributed by atoms with van der Waals surface area (Å²) in [6.45, 7) is 2.59. The second-order valence-corrected chi connectivity index (χ2v) is 7.16. The molecule has 1 fully saturated rings. The van der Waals surface area contributed by atoms with Gasteiger partial charge in [0.2, 0.25) is 0 Å². The van der Waals surface area contributed by atoms with Gasteiger partial charge in [0.1, 0.15) is 5.69 Å². The monoisotopic (exact) mass is 297 g/mol. The number of hydrogen-bond acceptors (Lipinski definition) is 5. The van der Waals surface area contributed by atoms with Crippen LogP contribution in [0.25, 0.3) is 0 Å². The van der Waals surface area contributed by atoms with Gasteiger partial charge >= 0.3 is 0 Å². The van der Waals surface area contributed by atoms with Gasteiger partial charge < -0.3 is 10.6 Å². The number of nitrogens with zero attached hydrogens (tertiary/aromatic N) is 1. The van der Waals surface area contributed by atoms with E-state index in [2.05, 4.69) is 15.6 Å². The first-order valence-corrected chi connectivity index (χ1v) is 8.53. The minimum atomic E-state index is -2.91. The van der Waals surface area contributed by atoms with E-state index in [0.29, 0.717) is 18.7 Å². The van der Waals surface area contributed by atoms with Gasteiger partial charge in [0.05, 0.1) is 11.5 Å². The quantitative estimate of drug-likeness (QED) is 0.840. The second kappa shape index (κ2) is 6.21. The molecule has 0 bridgehead atoms. The summed E-state index contributed by atoms with van der Waals surface area (Å²) < 4.78 is 22.8. The van der Waals surface area contributed by atoms with Gasteiger partial charge in [-0.3, -0.25) is 9.78 Å². The lowest BCUT2D eigenvalue weighted by molar-refractivity contribution is 0.0948. The van der Waals surface area contributed by atoms with Crippen LogP contribution in [-0.4, -0.2) is 43.4 Å². The summed E-state index contributed by atoms with van der Waals surface area (Å²) in [4.78, 5) is 15.8. The number of carbonyl (C=O) groups excluding carboxylic acids is 1. The van der Waals surface area contributed by atoms with E-state index in [4.69, 9.17) is 0 Å². The minimum absolute atomic E-state index is 0.0889. The van der Waals surface area contributed by atoms with E-state index in [1.54, 1.807) is 18.3 Å². The maximum Gasteiger partial charge on any atom is 0.269 e. The van der Waals surface area contributed by atoms with Gasteiger partial charge in [0.25, 0.3) is 5.91 Å². The van der Waals surface area contributed by atoms with Gasteiger partial charge in [0, 0.05) is 24.5 Å². The van der Waals surface area contributed by atoms with E-state index in [1.807, 2.05) is 6.92 Å². The Kier molecular flexibility index (Phi) is 4.59. The highest BCUT2D eigenvalue weighted by Crippen LogP contribution is 2.17. The molecule has 2 rings (SSSR count). The van der Waals surface area contributed by atoms with Crippen molar-refractivity contribution in [2.24, 2.45) is 0 Å². The Balaban J connectivity index is 2.01. The lowest BCUT2D eigenvalue weighted by atomic mass is 10.2. The highest BCUT2D eigenvalue weighted by molar-refractivity contribution is 7.91. The van der Waals surface area contributed by atoms with Crippen molar-refractivity contribution in [3.8, 4) is 0 Å². The van der Waals surface area contributed by atoms with Crippen molar-refractivity contribution in [1.82, 2.24) is 10.3 Å². The topological polar surface area (TPSA) is 88.2 Å². The number of sulfone groups is 1. The number of amides is 1. The van der Waals surface area contributed by atoms with Crippen molar-refractivity contribution in [3.05, 3.63) is 24.0 Å². The van der Waals surface area contributed by atoms with Crippen molar-refractivity contribution in [3.63, 3.8) is 0 Å². The zero-order chi connectivity index (χ0) is 14.6. The van der Waals surface area contributed by atoms with E-state index >= 15 is 0 Å². The number of rotatable bonds is 5. The lowest BCUT2D eigenvalue weighted by Crippen LogP contribution is -2.25. The number of nitrogens with one attached hydrogen (secondary N) is 2. The van der Waals surface area contributed by atoms with Gasteiger partial charge in [-0.1, -0.05) is 6.92 Å². The van der Waals surface area contributed by atoms with Crippen LogP contribution in [0, 0.1) is 0 Å². The van der Waals surface area contributed by atoms with Crippen LogP contribution in [0.5, 0.6) is 0 Å². The molecule has 1 aliphatic heterocycles. The average Bonchev–Trinajstić information content (AvgIpc) is 2.75. The molecule has 1 aliphatic rings. The minimum Gasteiger partial charge on any atom is -0.381 e. The van der Waals surface area contributed by atoms with Crippen LogP contribution in [0.3, 0.4) is 0 Å². The molecule has 1 amide bonds. The first kappa shape index (κ1) is 14.8. The molecule has 20 heavy (non-hydrogen) atoms.